The van der Waals surface area contributed by atoms with Crippen molar-refractivity contribution < 1.29 is 33.0 Å². The SMILES string of the molecule is Cc1c(F)cc(F)c(N)c1OC[C@H](NC(=O)OC(C)(C)C)C(=O)O. The van der Waals surface area contributed by atoms with Crippen molar-refractivity contribution in [1.29, 1.82) is 0 Å². The number of aliphatic carboxylic acids is 1. The molecule has 0 unspecified atom stereocenters. The van der Waals surface area contributed by atoms with E-state index in [0.717, 1.165) is 0 Å². The summed E-state index contributed by atoms with van der Waals surface area (Å²) in [6.45, 7) is 5.54. The van der Waals surface area contributed by atoms with Gasteiger partial charge in [-0.05, 0) is 27.7 Å². The van der Waals surface area contributed by atoms with Crippen molar-refractivity contribution in [1.82, 2.24) is 5.32 Å². The smallest absolute Gasteiger partial charge is 0.408 e. The van der Waals surface area contributed by atoms with Crippen LogP contribution in [-0.2, 0) is 9.53 Å². The molecule has 0 bridgehead atoms. The van der Waals surface area contributed by atoms with Crippen LogP contribution in [0.5, 0.6) is 5.75 Å². The van der Waals surface area contributed by atoms with Crippen molar-refractivity contribution in [2.45, 2.75) is 39.3 Å². The lowest BCUT2D eigenvalue weighted by Crippen LogP contribution is -2.46. The summed E-state index contributed by atoms with van der Waals surface area (Å²) in [5, 5.41) is 11.2. The Hall–Kier alpha value is -2.58. The van der Waals surface area contributed by atoms with Crippen molar-refractivity contribution in [3.8, 4) is 5.75 Å². The Morgan fingerprint density at radius 2 is 1.92 bits per heavy atom. The number of benzene rings is 1. The minimum atomic E-state index is -1.50. The Balaban J connectivity index is 2.86. The summed E-state index contributed by atoms with van der Waals surface area (Å²) in [6.07, 6.45) is -0.964. The predicted octanol–water partition coefficient (Wildman–Crippen LogP) is 2.21. The molecule has 0 aliphatic heterocycles. The molecule has 0 saturated heterocycles. The molecule has 1 amide bonds. The van der Waals surface area contributed by atoms with Gasteiger partial charge in [0.15, 0.2) is 17.6 Å². The van der Waals surface area contributed by atoms with Gasteiger partial charge in [0.2, 0.25) is 0 Å². The molecule has 0 aromatic heterocycles. The number of nitrogens with two attached hydrogens (primary N) is 1. The van der Waals surface area contributed by atoms with E-state index in [0.29, 0.717) is 6.07 Å². The second-order valence-corrected chi connectivity index (χ2v) is 6.06. The fourth-order valence-corrected chi connectivity index (χ4v) is 1.69. The molecule has 0 saturated carbocycles. The first-order chi connectivity index (χ1) is 10.9. The van der Waals surface area contributed by atoms with Crippen LogP contribution < -0.4 is 15.8 Å². The second-order valence-electron chi connectivity index (χ2n) is 6.06. The number of hydrogen-bond acceptors (Lipinski definition) is 5. The molecular weight excluding hydrogens is 326 g/mol. The van der Waals surface area contributed by atoms with Crippen molar-refractivity contribution >= 4 is 17.7 Å². The third-order valence-corrected chi connectivity index (χ3v) is 2.84. The molecule has 0 fully saturated rings. The van der Waals surface area contributed by atoms with Crippen molar-refractivity contribution in [2.75, 3.05) is 12.3 Å². The van der Waals surface area contributed by atoms with E-state index in [1.165, 1.54) is 6.92 Å². The van der Waals surface area contributed by atoms with Gasteiger partial charge in [0, 0.05) is 11.6 Å². The van der Waals surface area contributed by atoms with Crippen LogP contribution in [0, 0.1) is 18.6 Å². The predicted molar refractivity (Wildman–Crippen MR) is 81.8 cm³/mol. The Bertz CT molecular complexity index is 617. The number of anilines is 1. The number of carboxylic acid groups (broad SMARTS) is 1. The van der Waals surface area contributed by atoms with Gasteiger partial charge in [-0.1, -0.05) is 0 Å². The van der Waals surface area contributed by atoms with Crippen molar-refractivity contribution in [3.05, 3.63) is 23.3 Å². The molecule has 1 aromatic rings. The normalized spacial score (nSPS) is 12.4. The van der Waals surface area contributed by atoms with Crippen LogP contribution in [0.2, 0.25) is 0 Å². The first-order valence-corrected chi connectivity index (χ1v) is 7.01. The van der Waals surface area contributed by atoms with Crippen molar-refractivity contribution in [2.24, 2.45) is 0 Å². The molecule has 0 aliphatic rings. The minimum Gasteiger partial charge on any atom is -0.488 e. The molecule has 7 nitrogen and oxygen atoms in total. The lowest BCUT2D eigenvalue weighted by atomic mass is 10.1. The maximum absolute atomic E-state index is 13.5. The number of hydrogen-bond donors (Lipinski definition) is 3. The summed E-state index contributed by atoms with van der Waals surface area (Å²) in [5.41, 5.74) is 4.13. The molecule has 134 valence electrons. The van der Waals surface area contributed by atoms with Gasteiger partial charge < -0.3 is 25.6 Å². The van der Waals surface area contributed by atoms with Gasteiger partial charge in [-0.15, -0.1) is 0 Å². The topological polar surface area (TPSA) is 111 Å². The zero-order chi connectivity index (χ0) is 18.7. The first kappa shape index (κ1) is 19.5. The zero-order valence-electron chi connectivity index (χ0n) is 13.8. The van der Waals surface area contributed by atoms with Crippen molar-refractivity contribution in [3.63, 3.8) is 0 Å². The maximum atomic E-state index is 13.5. The highest BCUT2D eigenvalue weighted by atomic mass is 19.1. The van der Waals surface area contributed by atoms with E-state index >= 15 is 0 Å². The lowest BCUT2D eigenvalue weighted by Gasteiger charge is -2.22. The van der Waals surface area contributed by atoms with Crippen LogP contribution in [0.25, 0.3) is 0 Å². The Morgan fingerprint density at radius 1 is 1.33 bits per heavy atom. The maximum Gasteiger partial charge on any atom is 0.408 e. The van der Waals surface area contributed by atoms with E-state index in [9.17, 15) is 18.4 Å². The molecular formula is C15H20F2N2O5. The average Bonchev–Trinajstić information content (AvgIpc) is 2.41. The first-order valence-electron chi connectivity index (χ1n) is 7.01. The number of ether oxygens (including phenoxy) is 2. The summed E-state index contributed by atoms with van der Waals surface area (Å²) < 4.78 is 37.0. The monoisotopic (exact) mass is 346 g/mol. The quantitative estimate of drug-likeness (QED) is 0.705. The number of carbonyl (C=O) groups excluding carboxylic acids is 1. The van der Waals surface area contributed by atoms with E-state index in [-0.39, 0.29) is 11.3 Å². The van der Waals surface area contributed by atoms with Gasteiger partial charge in [-0.3, -0.25) is 0 Å². The molecule has 0 aliphatic carbocycles. The van der Waals surface area contributed by atoms with Gasteiger partial charge >= 0.3 is 12.1 Å². The Labute approximate surface area is 137 Å². The third kappa shape index (κ3) is 5.25. The van der Waals surface area contributed by atoms with Gasteiger partial charge in [0.05, 0.1) is 0 Å². The van der Waals surface area contributed by atoms with E-state index in [1.807, 2.05) is 0 Å². The third-order valence-electron chi connectivity index (χ3n) is 2.84. The Kier molecular flexibility index (Phi) is 5.94. The molecule has 1 aromatic carbocycles. The number of rotatable bonds is 5. The number of nitrogens with one attached hydrogen (secondary N) is 1. The highest BCUT2D eigenvalue weighted by Gasteiger charge is 2.26. The summed E-state index contributed by atoms with van der Waals surface area (Å²) in [7, 11) is 0. The zero-order valence-corrected chi connectivity index (χ0v) is 13.8. The summed E-state index contributed by atoms with van der Waals surface area (Å²) in [4.78, 5) is 22.8. The van der Waals surface area contributed by atoms with Crippen LogP contribution in [-0.4, -0.2) is 35.4 Å². The van der Waals surface area contributed by atoms with Gasteiger partial charge in [-0.25, -0.2) is 18.4 Å². The molecule has 1 rings (SSSR count). The van der Waals surface area contributed by atoms with E-state index in [2.05, 4.69) is 5.32 Å². The number of carboxylic acids is 1. The Morgan fingerprint density at radius 3 is 2.42 bits per heavy atom. The summed E-state index contributed by atoms with van der Waals surface area (Å²) in [5.74, 6) is -3.64. The fraction of sp³-hybridized carbons (Fsp3) is 0.467. The van der Waals surface area contributed by atoms with Crippen LogP contribution >= 0.6 is 0 Å². The lowest BCUT2D eigenvalue weighted by molar-refractivity contribution is -0.140. The van der Waals surface area contributed by atoms with Crippen LogP contribution in [0.1, 0.15) is 26.3 Å². The van der Waals surface area contributed by atoms with E-state index in [4.69, 9.17) is 20.3 Å². The number of amides is 1. The number of carbonyl (C=O) groups is 2. The standard InChI is InChI=1S/C15H20F2N2O5/c1-7-8(16)5-9(17)11(18)12(7)23-6-10(13(20)21)19-14(22)24-15(2,3)4/h5,10H,6,18H2,1-4H3,(H,19,22)(H,20,21)/t10-/m0/s1. The molecule has 4 N–H and O–H groups in total. The summed E-state index contributed by atoms with van der Waals surface area (Å²) in [6, 6.07) is -0.893. The molecule has 24 heavy (non-hydrogen) atoms. The number of halogens is 2. The molecule has 1 atom stereocenters. The average molecular weight is 346 g/mol. The van der Waals surface area contributed by atoms with E-state index < -0.39 is 47.6 Å². The molecule has 0 radical (unpaired) electrons. The highest BCUT2D eigenvalue weighted by molar-refractivity contribution is 5.80. The highest BCUT2D eigenvalue weighted by Crippen LogP contribution is 2.30. The van der Waals surface area contributed by atoms with E-state index in [1.54, 1.807) is 20.8 Å². The number of alkyl carbamates (subject to hydrolysis) is 1. The van der Waals surface area contributed by atoms with Gasteiger partial charge in [0.25, 0.3) is 0 Å². The molecule has 9 heteroatoms. The van der Waals surface area contributed by atoms with Crippen LogP contribution in [0.15, 0.2) is 6.07 Å². The van der Waals surface area contributed by atoms with Gasteiger partial charge in [-0.2, -0.15) is 0 Å². The second kappa shape index (κ2) is 7.33. The largest absolute Gasteiger partial charge is 0.488 e. The van der Waals surface area contributed by atoms with Crippen LogP contribution in [0.4, 0.5) is 19.3 Å². The summed E-state index contributed by atoms with van der Waals surface area (Å²) >= 11 is 0. The minimum absolute atomic E-state index is 0.0738. The molecule has 0 spiro atoms. The van der Waals surface area contributed by atoms with Crippen LogP contribution in [0.3, 0.4) is 0 Å². The van der Waals surface area contributed by atoms with Gasteiger partial charge in [0.1, 0.15) is 23.7 Å². The molecule has 0 heterocycles. The fourth-order valence-electron chi connectivity index (χ4n) is 1.69. The number of nitrogen functional groups attached to an aromatic ring is 1.